The molecule has 4 aromatic rings. The highest BCUT2D eigenvalue weighted by Crippen LogP contribution is 2.21. The molecular formula is C21H17FN4O. The number of pyridine rings is 1. The van der Waals surface area contributed by atoms with Crippen molar-refractivity contribution in [3.8, 4) is 11.4 Å². The molecule has 1 amide bonds. The fourth-order valence-electron chi connectivity index (χ4n) is 3.13. The van der Waals surface area contributed by atoms with E-state index in [9.17, 15) is 9.18 Å². The molecule has 0 unspecified atom stereocenters. The zero-order chi connectivity index (χ0) is 19.0. The molecule has 0 atom stereocenters. The number of fused-ring (bicyclic) bond motifs is 1. The lowest BCUT2D eigenvalue weighted by Crippen LogP contribution is -2.13. The summed E-state index contributed by atoms with van der Waals surface area (Å²) in [5.74, 6) is -0.0317. The Labute approximate surface area is 155 Å². The Bertz CT molecular complexity index is 1130. The second kappa shape index (κ2) is 6.64. The summed E-state index contributed by atoms with van der Waals surface area (Å²) in [7, 11) is 0. The van der Waals surface area contributed by atoms with Crippen LogP contribution >= 0.6 is 0 Å². The van der Waals surface area contributed by atoms with Crippen LogP contribution in [0.4, 0.5) is 10.1 Å². The number of hydrogen-bond donors (Lipinski definition) is 1. The Morgan fingerprint density at radius 2 is 1.70 bits per heavy atom. The number of carbonyl (C=O) groups is 1. The zero-order valence-electron chi connectivity index (χ0n) is 14.9. The number of aryl methyl sites for hydroxylation is 2. The molecule has 134 valence electrons. The normalized spacial score (nSPS) is 10.9. The average molecular weight is 360 g/mol. The van der Waals surface area contributed by atoms with E-state index in [2.05, 4.69) is 15.5 Å². The van der Waals surface area contributed by atoms with E-state index in [4.69, 9.17) is 0 Å². The van der Waals surface area contributed by atoms with E-state index in [1.54, 1.807) is 34.9 Å². The largest absolute Gasteiger partial charge is 0.322 e. The molecule has 27 heavy (non-hydrogen) atoms. The first kappa shape index (κ1) is 16.9. The van der Waals surface area contributed by atoms with Gasteiger partial charge in [-0.2, -0.15) is 0 Å². The number of aromatic nitrogens is 3. The number of anilines is 1. The summed E-state index contributed by atoms with van der Waals surface area (Å²) in [6.45, 7) is 3.97. The van der Waals surface area contributed by atoms with Crippen LogP contribution in [-0.2, 0) is 0 Å². The summed E-state index contributed by atoms with van der Waals surface area (Å²) in [6.07, 6.45) is 1.78. The summed E-state index contributed by atoms with van der Waals surface area (Å²) in [4.78, 5) is 12.8. The molecule has 0 saturated heterocycles. The second-order valence-corrected chi connectivity index (χ2v) is 6.48. The molecule has 2 aromatic carbocycles. The summed E-state index contributed by atoms with van der Waals surface area (Å²) >= 11 is 0. The van der Waals surface area contributed by atoms with Crippen molar-refractivity contribution >= 4 is 17.2 Å². The highest BCUT2D eigenvalue weighted by atomic mass is 19.1. The van der Waals surface area contributed by atoms with Gasteiger partial charge in [-0.05, 0) is 73.5 Å². The maximum absolute atomic E-state index is 13.2. The Morgan fingerprint density at radius 3 is 2.41 bits per heavy atom. The van der Waals surface area contributed by atoms with Gasteiger partial charge in [-0.25, -0.2) is 4.39 Å². The molecule has 0 aliphatic carbocycles. The van der Waals surface area contributed by atoms with E-state index in [-0.39, 0.29) is 11.7 Å². The topological polar surface area (TPSA) is 59.3 Å². The minimum atomic E-state index is -0.318. The van der Waals surface area contributed by atoms with Crippen LogP contribution in [0.1, 0.15) is 21.5 Å². The maximum atomic E-state index is 13.2. The van der Waals surface area contributed by atoms with Crippen molar-refractivity contribution < 1.29 is 9.18 Å². The molecule has 0 bridgehead atoms. The van der Waals surface area contributed by atoms with Gasteiger partial charge in [0.05, 0.1) is 5.56 Å². The molecule has 0 spiro atoms. The van der Waals surface area contributed by atoms with Gasteiger partial charge in [0, 0.05) is 17.4 Å². The number of hydrogen-bond acceptors (Lipinski definition) is 3. The maximum Gasteiger partial charge on any atom is 0.259 e. The van der Waals surface area contributed by atoms with Crippen LogP contribution < -0.4 is 5.32 Å². The molecule has 0 saturated carbocycles. The molecule has 6 heteroatoms. The highest BCUT2D eigenvalue weighted by molar-refractivity contribution is 6.08. The fraction of sp³-hybridized carbons (Fsp3) is 0.0952. The van der Waals surface area contributed by atoms with Gasteiger partial charge in [0.1, 0.15) is 5.82 Å². The SMILES string of the molecule is Cc1cc(C)cc(NC(=O)c2cccn3c(-c4ccc(F)cc4)nnc23)c1. The smallest absolute Gasteiger partial charge is 0.259 e. The lowest BCUT2D eigenvalue weighted by Gasteiger charge is -2.08. The minimum Gasteiger partial charge on any atom is -0.322 e. The Kier molecular flexibility index (Phi) is 4.16. The van der Waals surface area contributed by atoms with Crippen molar-refractivity contribution in [2.75, 3.05) is 5.32 Å². The second-order valence-electron chi connectivity index (χ2n) is 6.48. The summed E-state index contributed by atoms with van der Waals surface area (Å²) in [6, 6.07) is 15.3. The average Bonchev–Trinajstić information content (AvgIpc) is 3.05. The van der Waals surface area contributed by atoms with Crippen molar-refractivity contribution in [2.24, 2.45) is 0 Å². The van der Waals surface area contributed by atoms with E-state index in [0.29, 0.717) is 17.0 Å². The van der Waals surface area contributed by atoms with Gasteiger partial charge in [0.25, 0.3) is 5.91 Å². The quantitative estimate of drug-likeness (QED) is 0.589. The van der Waals surface area contributed by atoms with Crippen LogP contribution in [-0.4, -0.2) is 20.5 Å². The number of nitrogens with one attached hydrogen (secondary N) is 1. The number of amides is 1. The van der Waals surface area contributed by atoms with Gasteiger partial charge >= 0.3 is 0 Å². The van der Waals surface area contributed by atoms with Crippen LogP contribution in [0.15, 0.2) is 60.8 Å². The van der Waals surface area contributed by atoms with E-state index in [1.807, 2.05) is 32.0 Å². The number of rotatable bonds is 3. The molecule has 0 aliphatic rings. The van der Waals surface area contributed by atoms with Gasteiger partial charge in [-0.3, -0.25) is 9.20 Å². The van der Waals surface area contributed by atoms with Gasteiger partial charge in [-0.15, -0.1) is 10.2 Å². The first-order chi connectivity index (χ1) is 13.0. The van der Waals surface area contributed by atoms with E-state index in [0.717, 1.165) is 22.4 Å². The number of halogens is 1. The van der Waals surface area contributed by atoms with Crippen molar-refractivity contribution in [1.82, 2.24) is 14.6 Å². The molecule has 2 aromatic heterocycles. The summed E-state index contributed by atoms with van der Waals surface area (Å²) < 4.78 is 14.9. The first-order valence-electron chi connectivity index (χ1n) is 8.50. The van der Waals surface area contributed by atoms with Crippen LogP contribution in [0.3, 0.4) is 0 Å². The summed E-state index contributed by atoms with van der Waals surface area (Å²) in [5.41, 5.74) is 4.46. The standard InChI is InChI=1S/C21H17FN4O/c1-13-10-14(2)12-17(11-13)23-21(27)18-4-3-9-26-19(24-25-20(18)26)15-5-7-16(22)8-6-15/h3-12H,1-2H3,(H,23,27). The number of nitrogens with zero attached hydrogens (tertiary/aromatic N) is 3. The predicted octanol–water partition coefficient (Wildman–Crippen LogP) is 4.40. The minimum absolute atomic E-state index is 0.261. The van der Waals surface area contributed by atoms with Crippen LogP contribution in [0.2, 0.25) is 0 Å². The van der Waals surface area contributed by atoms with Crippen molar-refractivity contribution in [3.63, 3.8) is 0 Å². The molecule has 2 heterocycles. The van der Waals surface area contributed by atoms with Gasteiger partial charge in [0.15, 0.2) is 11.5 Å². The van der Waals surface area contributed by atoms with Crippen molar-refractivity contribution in [3.05, 3.63) is 83.3 Å². The van der Waals surface area contributed by atoms with Crippen LogP contribution in [0.5, 0.6) is 0 Å². The van der Waals surface area contributed by atoms with E-state index in [1.165, 1.54) is 12.1 Å². The molecule has 0 fully saturated rings. The molecule has 0 radical (unpaired) electrons. The van der Waals surface area contributed by atoms with E-state index < -0.39 is 0 Å². The fourth-order valence-corrected chi connectivity index (χ4v) is 3.13. The highest BCUT2D eigenvalue weighted by Gasteiger charge is 2.16. The summed E-state index contributed by atoms with van der Waals surface area (Å²) in [5, 5.41) is 11.3. The third-order valence-electron chi connectivity index (χ3n) is 4.26. The number of benzene rings is 2. The predicted molar refractivity (Wildman–Crippen MR) is 102 cm³/mol. The van der Waals surface area contributed by atoms with Crippen molar-refractivity contribution in [2.45, 2.75) is 13.8 Å². The Balaban J connectivity index is 1.72. The van der Waals surface area contributed by atoms with Crippen LogP contribution in [0.25, 0.3) is 17.0 Å². The Morgan fingerprint density at radius 1 is 1.00 bits per heavy atom. The van der Waals surface area contributed by atoms with Gasteiger partial charge in [0.2, 0.25) is 0 Å². The zero-order valence-corrected chi connectivity index (χ0v) is 14.9. The molecule has 5 nitrogen and oxygen atoms in total. The Hall–Kier alpha value is -3.54. The third-order valence-corrected chi connectivity index (χ3v) is 4.26. The van der Waals surface area contributed by atoms with Crippen molar-refractivity contribution in [1.29, 1.82) is 0 Å². The third kappa shape index (κ3) is 3.29. The van der Waals surface area contributed by atoms with E-state index >= 15 is 0 Å². The van der Waals surface area contributed by atoms with Gasteiger partial charge in [-0.1, -0.05) is 6.07 Å². The van der Waals surface area contributed by atoms with Gasteiger partial charge < -0.3 is 5.32 Å². The lowest BCUT2D eigenvalue weighted by molar-refractivity contribution is 0.102. The molecule has 0 aliphatic heterocycles. The monoisotopic (exact) mass is 360 g/mol. The number of carbonyl (C=O) groups excluding carboxylic acids is 1. The lowest BCUT2D eigenvalue weighted by atomic mass is 10.1. The van der Waals surface area contributed by atoms with Crippen LogP contribution in [0, 0.1) is 19.7 Å². The molecular weight excluding hydrogens is 343 g/mol. The molecule has 1 N–H and O–H groups in total. The first-order valence-corrected chi connectivity index (χ1v) is 8.50. The molecule has 4 rings (SSSR count).